The van der Waals surface area contributed by atoms with E-state index in [-0.39, 0.29) is 35.4 Å². The Bertz CT molecular complexity index is 646. The molecule has 0 radical (unpaired) electrons. The van der Waals surface area contributed by atoms with E-state index in [9.17, 15) is 0 Å². The SMILES string of the molecule is CN=C(NCC1(C)COC1)NC(C)c1cc2ccccc2o1.I. The van der Waals surface area contributed by atoms with Gasteiger partial charge in [0.2, 0.25) is 0 Å². The van der Waals surface area contributed by atoms with Crippen molar-refractivity contribution >= 4 is 40.9 Å². The molecule has 1 aliphatic heterocycles. The first kappa shape index (κ1) is 18.1. The van der Waals surface area contributed by atoms with Crippen LogP contribution in [0.4, 0.5) is 0 Å². The van der Waals surface area contributed by atoms with Crippen LogP contribution in [0, 0.1) is 5.41 Å². The first-order valence-electron chi connectivity index (χ1n) is 7.63. The van der Waals surface area contributed by atoms with Crippen LogP contribution in [0.15, 0.2) is 39.7 Å². The van der Waals surface area contributed by atoms with E-state index in [1.54, 1.807) is 7.05 Å². The van der Waals surface area contributed by atoms with Crippen LogP contribution in [0.2, 0.25) is 0 Å². The quantitative estimate of drug-likeness (QED) is 0.445. The smallest absolute Gasteiger partial charge is 0.191 e. The summed E-state index contributed by atoms with van der Waals surface area (Å²) >= 11 is 0. The molecule has 2 heterocycles. The molecule has 1 aromatic carbocycles. The molecule has 6 heteroatoms. The molecule has 3 rings (SSSR count). The third-order valence-corrected chi connectivity index (χ3v) is 4.03. The molecule has 126 valence electrons. The highest BCUT2D eigenvalue weighted by Crippen LogP contribution is 2.25. The predicted molar refractivity (Wildman–Crippen MR) is 103 cm³/mol. The van der Waals surface area contributed by atoms with E-state index in [0.29, 0.717) is 0 Å². The van der Waals surface area contributed by atoms with Crippen molar-refractivity contribution in [3.8, 4) is 0 Å². The van der Waals surface area contributed by atoms with Crippen LogP contribution in [-0.4, -0.2) is 32.8 Å². The van der Waals surface area contributed by atoms with Crippen molar-refractivity contribution in [2.24, 2.45) is 10.4 Å². The third-order valence-electron chi connectivity index (χ3n) is 4.03. The van der Waals surface area contributed by atoms with Crippen LogP contribution < -0.4 is 10.6 Å². The monoisotopic (exact) mass is 429 g/mol. The lowest BCUT2D eigenvalue weighted by atomic mass is 9.89. The zero-order valence-electron chi connectivity index (χ0n) is 13.8. The minimum atomic E-state index is 0. The highest BCUT2D eigenvalue weighted by atomic mass is 127. The molecule has 2 aromatic rings. The summed E-state index contributed by atoms with van der Waals surface area (Å²) in [6.45, 7) is 6.73. The Labute approximate surface area is 153 Å². The molecule has 5 nitrogen and oxygen atoms in total. The fourth-order valence-corrected chi connectivity index (χ4v) is 2.54. The number of hydrogen-bond donors (Lipinski definition) is 2. The summed E-state index contributed by atoms with van der Waals surface area (Å²) in [6, 6.07) is 10.2. The molecule has 0 saturated carbocycles. The number of benzene rings is 1. The second kappa shape index (κ2) is 7.53. The second-order valence-corrected chi connectivity index (χ2v) is 6.28. The van der Waals surface area contributed by atoms with Gasteiger partial charge in [-0.15, -0.1) is 24.0 Å². The van der Waals surface area contributed by atoms with Crippen molar-refractivity contribution in [3.63, 3.8) is 0 Å². The highest BCUT2D eigenvalue weighted by molar-refractivity contribution is 14.0. The average Bonchev–Trinajstić information content (AvgIpc) is 2.93. The Morgan fingerprint density at radius 3 is 2.70 bits per heavy atom. The van der Waals surface area contributed by atoms with Crippen molar-refractivity contribution in [2.45, 2.75) is 19.9 Å². The number of furan rings is 1. The number of para-hydroxylation sites is 1. The zero-order valence-corrected chi connectivity index (χ0v) is 16.1. The number of rotatable bonds is 4. The van der Waals surface area contributed by atoms with E-state index < -0.39 is 0 Å². The normalized spacial score (nSPS) is 18.0. The van der Waals surface area contributed by atoms with E-state index in [0.717, 1.165) is 42.4 Å². The minimum absolute atomic E-state index is 0. The van der Waals surface area contributed by atoms with Crippen molar-refractivity contribution < 1.29 is 9.15 Å². The molecule has 0 spiro atoms. The Hall–Kier alpha value is -1.28. The average molecular weight is 429 g/mol. The Morgan fingerprint density at radius 1 is 1.35 bits per heavy atom. The van der Waals surface area contributed by atoms with Crippen LogP contribution in [0.3, 0.4) is 0 Å². The maximum atomic E-state index is 5.89. The molecule has 0 aliphatic carbocycles. The molecule has 1 atom stereocenters. The molecular weight excluding hydrogens is 405 g/mol. The topological polar surface area (TPSA) is 58.8 Å². The fourth-order valence-electron chi connectivity index (χ4n) is 2.54. The first-order chi connectivity index (χ1) is 10.6. The summed E-state index contributed by atoms with van der Waals surface area (Å²) in [7, 11) is 1.78. The largest absolute Gasteiger partial charge is 0.459 e. The summed E-state index contributed by atoms with van der Waals surface area (Å²) in [5.41, 5.74) is 1.12. The number of fused-ring (bicyclic) bond motifs is 1. The molecule has 1 unspecified atom stereocenters. The number of guanidine groups is 1. The summed E-state index contributed by atoms with van der Waals surface area (Å²) in [6.07, 6.45) is 0. The van der Waals surface area contributed by atoms with Gasteiger partial charge in [0.1, 0.15) is 11.3 Å². The number of nitrogens with zero attached hydrogens (tertiary/aromatic N) is 1. The molecule has 1 saturated heterocycles. The van der Waals surface area contributed by atoms with Crippen LogP contribution in [-0.2, 0) is 4.74 Å². The van der Waals surface area contributed by atoms with E-state index >= 15 is 0 Å². The number of nitrogens with one attached hydrogen (secondary N) is 2. The molecule has 0 amide bonds. The molecule has 2 N–H and O–H groups in total. The molecule has 1 aromatic heterocycles. The molecule has 1 aliphatic rings. The van der Waals surface area contributed by atoms with Gasteiger partial charge >= 0.3 is 0 Å². The van der Waals surface area contributed by atoms with Gasteiger partial charge in [-0.3, -0.25) is 4.99 Å². The van der Waals surface area contributed by atoms with Gasteiger partial charge in [-0.05, 0) is 19.1 Å². The standard InChI is InChI=1S/C17H23N3O2.HI/c1-12(15-8-13-6-4-5-7-14(13)22-15)20-16(18-3)19-9-17(2)10-21-11-17;/h4-8,12H,9-11H2,1-3H3,(H2,18,19,20);1H. The maximum Gasteiger partial charge on any atom is 0.191 e. The van der Waals surface area contributed by atoms with Gasteiger partial charge in [0.05, 0.1) is 19.3 Å². The second-order valence-electron chi connectivity index (χ2n) is 6.28. The zero-order chi connectivity index (χ0) is 15.6. The van der Waals surface area contributed by atoms with E-state index in [2.05, 4.69) is 41.6 Å². The van der Waals surface area contributed by atoms with Gasteiger partial charge < -0.3 is 19.8 Å². The molecule has 1 fully saturated rings. The summed E-state index contributed by atoms with van der Waals surface area (Å²) in [4.78, 5) is 4.28. The number of hydrogen-bond acceptors (Lipinski definition) is 3. The van der Waals surface area contributed by atoms with Gasteiger partial charge in [-0.25, -0.2) is 0 Å². The third kappa shape index (κ3) is 4.17. The highest BCUT2D eigenvalue weighted by Gasteiger charge is 2.33. The lowest BCUT2D eigenvalue weighted by Gasteiger charge is -2.38. The van der Waals surface area contributed by atoms with Gasteiger partial charge in [0, 0.05) is 24.4 Å². The Morgan fingerprint density at radius 2 is 2.09 bits per heavy atom. The summed E-state index contributed by atoms with van der Waals surface area (Å²) in [5, 5.41) is 7.85. The lowest BCUT2D eigenvalue weighted by Crippen LogP contribution is -2.51. The van der Waals surface area contributed by atoms with Crippen molar-refractivity contribution in [2.75, 3.05) is 26.8 Å². The fraction of sp³-hybridized carbons (Fsp3) is 0.471. The van der Waals surface area contributed by atoms with Gasteiger partial charge in [0.25, 0.3) is 0 Å². The van der Waals surface area contributed by atoms with E-state index in [4.69, 9.17) is 9.15 Å². The summed E-state index contributed by atoms with van der Waals surface area (Å²) < 4.78 is 11.2. The maximum absolute atomic E-state index is 5.89. The minimum Gasteiger partial charge on any atom is -0.459 e. The van der Waals surface area contributed by atoms with Crippen molar-refractivity contribution in [1.29, 1.82) is 0 Å². The molecule has 0 bridgehead atoms. The Balaban J connectivity index is 0.00000192. The molecular formula is C17H24IN3O2. The Kier molecular flexibility index (Phi) is 5.91. The molecule has 23 heavy (non-hydrogen) atoms. The van der Waals surface area contributed by atoms with Crippen LogP contribution >= 0.6 is 24.0 Å². The van der Waals surface area contributed by atoms with Crippen molar-refractivity contribution in [3.05, 3.63) is 36.1 Å². The number of ether oxygens (including phenoxy) is 1. The van der Waals surface area contributed by atoms with Gasteiger partial charge in [0.15, 0.2) is 5.96 Å². The lowest BCUT2D eigenvalue weighted by molar-refractivity contribution is -0.0971. The van der Waals surface area contributed by atoms with E-state index in [1.165, 1.54) is 0 Å². The van der Waals surface area contributed by atoms with Gasteiger partial charge in [-0.1, -0.05) is 25.1 Å². The van der Waals surface area contributed by atoms with E-state index in [1.807, 2.05) is 18.2 Å². The number of halogens is 1. The van der Waals surface area contributed by atoms with Crippen molar-refractivity contribution in [1.82, 2.24) is 10.6 Å². The van der Waals surface area contributed by atoms with Crippen LogP contribution in [0.25, 0.3) is 11.0 Å². The predicted octanol–water partition coefficient (Wildman–Crippen LogP) is 3.31. The van der Waals surface area contributed by atoms with Gasteiger partial charge in [-0.2, -0.15) is 0 Å². The number of aliphatic imine (C=N–C) groups is 1. The first-order valence-corrected chi connectivity index (χ1v) is 7.63. The summed E-state index contributed by atoms with van der Waals surface area (Å²) in [5.74, 6) is 1.68. The van der Waals surface area contributed by atoms with Crippen LogP contribution in [0.1, 0.15) is 25.6 Å². The van der Waals surface area contributed by atoms with Crippen LogP contribution in [0.5, 0.6) is 0 Å².